The largest absolute Gasteiger partial charge is 0.496 e. The number of carbonyl (C=O) groups is 1. The highest BCUT2D eigenvalue weighted by molar-refractivity contribution is 6.01. The van der Waals surface area contributed by atoms with Crippen molar-refractivity contribution in [2.45, 2.75) is 25.4 Å². The van der Waals surface area contributed by atoms with E-state index in [1.807, 2.05) is 47.3 Å². The number of nitriles is 1. The van der Waals surface area contributed by atoms with Crippen LogP contribution in [0.4, 0.5) is 5.69 Å². The van der Waals surface area contributed by atoms with Crippen molar-refractivity contribution in [2.75, 3.05) is 32.5 Å². The van der Waals surface area contributed by atoms with Gasteiger partial charge in [-0.3, -0.25) is 19.4 Å². The van der Waals surface area contributed by atoms with Gasteiger partial charge in [0.05, 0.1) is 60.3 Å². The Morgan fingerprint density at radius 1 is 1.22 bits per heavy atom. The molecule has 0 spiro atoms. The van der Waals surface area contributed by atoms with Crippen LogP contribution in [0.25, 0.3) is 22.2 Å². The Balaban J connectivity index is 1.38. The maximum Gasteiger partial charge on any atom is 0.255 e. The zero-order valence-electron chi connectivity index (χ0n) is 20.7. The van der Waals surface area contributed by atoms with E-state index in [1.54, 1.807) is 25.4 Å². The molecule has 1 atom stereocenters. The second-order valence-electron chi connectivity index (χ2n) is 9.19. The van der Waals surface area contributed by atoms with Crippen molar-refractivity contribution in [1.29, 1.82) is 5.26 Å². The van der Waals surface area contributed by atoms with Crippen LogP contribution in [0.1, 0.15) is 34.8 Å². The molecular formula is C28H29N7O2. The van der Waals surface area contributed by atoms with Crippen molar-refractivity contribution in [3.05, 3.63) is 72.1 Å². The third-order valence-electron chi connectivity index (χ3n) is 6.80. The van der Waals surface area contributed by atoms with Crippen molar-refractivity contribution in [1.82, 2.24) is 25.0 Å². The Bertz CT molecular complexity index is 1460. The molecule has 3 N–H and O–H groups in total. The minimum Gasteiger partial charge on any atom is -0.496 e. The summed E-state index contributed by atoms with van der Waals surface area (Å²) < 4.78 is 7.32. The number of hydrogen-bond acceptors (Lipinski definition) is 7. The van der Waals surface area contributed by atoms with Crippen LogP contribution >= 0.6 is 0 Å². The molecule has 2 aromatic carbocycles. The van der Waals surface area contributed by atoms with Crippen LogP contribution in [0.15, 0.2) is 60.9 Å². The second kappa shape index (κ2) is 10.7. The fourth-order valence-electron chi connectivity index (χ4n) is 4.95. The van der Waals surface area contributed by atoms with Gasteiger partial charge in [-0.25, -0.2) is 0 Å². The second-order valence-corrected chi connectivity index (χ2v) is 9.19. The van der Waals surface area contributed by atoms with Crippen molar-refractivity contribution in [3.63, 3.8) is 0 Å². The first-order valence-corrected chi connectivity index (χ1v) is 12.3. The summed E-state index contributed by atoms with van der Waals surface area (Å²) in [5, 5.41) is 18.0. The number of amides is 1. The summed E-state index contributed by atoms with van der Waals surface area (Å²) in [5.74, 6) is 0.350. The van der Waals surface area contributed by atoms with Crippen LogP contribution in [0.3, 0.4) is 0 Å². The van der Waals surface area contributed by atoms with Gasteiger partial charge in [0.15, 0.2) is 0 Å². The highest BCUT2D eigenvalue weighted by Crippen LogP contribution is 2.35. The molecule has 0 bridgehead atoms. The first kappa shape index (κ1) is 24.3. The Morgan fingerprint density at radius 3 is 2.81 bits per heavy atom. The predicted octanol–water partition coefficient (Wildman–Crippen LogP) is 3.78. The number of aromatic nitrogens is 3. The molecular weight excluding hydrogens is 466 g/mol. The monoisotopic (exact) mass is 495 g/mol. The lowest BCUT2D eigenvalue weighted by Gasteiger charge is -2.31. The summed E-state index contributed by atoms with van der Waals surface area (Å²) in [6.45, 7) is 2.49. The van der Waals surface area contributed by atoms with E-state index in [-0.39, 0.29) is 11.9 Å². The number of methoxy groups -OCH3 is 1. The number of fused-ring (bicyclic) bond motifs is 1. The number of anilines is 1. The number of benzene rings is 2. The summed E-state index contributed by atoms with van der Waals surface area (Å²) in [6, 6.07) is 17.5. The summed E-state index contributed by atoms with van der Waals surface area (Å²) in [5.41, 5.74) is 11.1. The number of likely N-dealkylation sites (tertiary alicyclic amines) is 1. The van der Waals surface area contributed by atoms with E-state index in [2.05, 4.69) is 21.3 Å². The van der Waals surface area contributed by atoms with Crippen LogP contribution in [0, 0.1) is 11.3 Å². The third kappa shape index (κ3) is 4.97. The fraction of sp³-hybridized carbons (Fsp3) is 0.286. The van der Waals surface area contributed by atoms with Crippen LogP contribution < -0.4 is 15.8 Å². The first-order valence-electron chi connectivity index (χ1n) is 12.3. The van der Waals surface area contributed by atoms with Crippen molar-refractivity contribution in [3.8, 4) is 23.1 Å². The molecule has 9 nitrogen and oxygen atoms in total. The molecule has 0 radical (unpaired) electrons. The van der Waals surface area contributed by atoms with Gasteiger partial charge in [-0.05, 0) is 37.1 Å². The number of nitrogen functional groups attached to an aromatic ring is 1. The standard InChI is InChI=1S/C28H29N7O2/c1-37-25-7-3-2-6-22(25)28(36)32-15-19-8-10-20(11-9-19)27-26-23(30)16-31-17-24(26)35(33-27)21-5-4-13-34(18-21)14-12-29/h2-3,6-11,16-17,21H,4-5,13-15,18,30H2,1H3,(H,32,36)/t21-/m1/s1. The highest BCUT2D eigenvalue weighted by Gasteiger charge is 2.25. The molecule has 1 amide bonds. The predicted molar refractivity (Wildman–Crippen MR) is 142 cm³/mol. The SMILES string of the molecule is COc1ccccc1C(=O)NCc1ccc(-c2nn([C@@H]3CCCN(CC#N)C3)c3cncc(N)c23)cc1. The topological polar surface area (TPSA) is 122 Å². The summed E-state index contributed by atoms with van der Waals surface area (Å²) in [6.07, 6.45) is 5.46. The van der Waals surface area contributed by atoms with Crippen molar-refractivity contribution < 1.29 is 9.53 Å². The average Bonchev–Trinajstić information content (AvgIpc) is 3.33. The highest BCUT2D eigenvalue weighted by atomic mass is 16.5. The van der Waals surface area contributed by atoms with Gasteiger partial charge in [0, 0.05) is 18.7 Å². The molecule has 5 rings (SSSR count). The normalized spacial score (nSPS) is 15.8. The van der Waals surface area contributed by atoms with Crippen LogP contribution in [-0.4, -0.2) is 52.3 Å². The van der Waals surface area contributed by atoms with Gasteiger partial charge in [-0.1, -0.05) is 36.4 Å². The Hall–Kier alpha value is -4.42. The van der Waals surface area contributed by atoms with E-state index in [4.69, 9.17) is 20.8 Å². The number of rotatable bonds is 7. The number of nitrogens with two attached hydrogens (primary N) is 1. The number of carbonyl (C=O) groups excluding carboxylic acids is 1. The third-order valence-corrected chi connectivity index (χ3v) is 6.80. The molecule has 9 heteroatoms. The zero-order valence-corrected chi connectivity index (χ0v) is 20.7. The molecule has 1 aliphatic heterocycles. The molecule has 188 valence electrons. The van der Waals surface area contributed by atoms with Gasteiger partial charge >= 0.3 is 0 Å². The quantitative estimate of drug-likeness (QED) is 0.374. The van der Waals surface area contributed by atoms with E-state index >= 15 is 0 Å². The molecule has 0 unspecified atom stereocenters. The average molecular weight is 496 g/mol. The van der Waals surface area contributed by atoms with Crippen molar-refractivity contribution in [2.24, 2.45) is 0 Å². The van der Waals surface area contributed by atoms with E-state index in [0.29, 0.717) is 30.1 Å². The van der Waals surface area contributed by atoms with Crippen molar-refractivity contribution >= 4 is 22.5 Å². The molecule has 3 heterocycles. The van der Waals surface area contributed by atoms with Gasteiger partial charge in [0.25, 0.3) is 5.91 Å². The van der Waals surface area contributed by atoms with E-state index in [0.717, 1.165) is 53.7 Å². The number of nitrogens with zero attached hydrogens (tertiary/aromatic N) is 5. The molecule has 0 aliphatic carbocycles. The Kier molecular flexibility index (Phi) is 7.01. The molecule has 2 aromatic heterocycles. The Labute approximate surface area is 215 Å². The van der Waals surface area contributed by atoms with E-state index in [9.17, 15) is 4.79 Å². The van der Waals surface area contributed by atoms with Crippen LogP contribution in [0.2, 0.25) is 0 Å². The van der Waals surface area contributed by atoms with E-state index in [1.165, 1.54) is 0 Å². The minimum absolute atomic E-state index is 0.145. The zero-order chi connectivity index (χ0) is 25.8. The summed E-state index contributed by atoms with van der Waals surface area (Å²) in [7, 11) is 1.55. The lowest BCUT2D eigenvalue weighted by molar-refractivity contribution is 0.0948. The molecule has 1 aliphatic rings. The van der Waals surface area contributed by atoms with E-state index < -0.39 is 0 Å². The number of hydrogen-bond donors (Lipinski definition) is 2. The number of pyridine rings is 1. The molecule has 1 saturated heterocycles. The number of para-hydroxylation sites is 1. The lowest BCUT2D eigenvalue weighted by atomic mass is 10.0. The number of piperidine rings is 1. The fourth-order valence-corrected chi connectivity index (χ4v) is 4.95. The van der Waals surface area contributed by atoms with Gasteiger partial charge in [-0.2, -0.15) is 10.4 Å². The molecule has 1 fully saturated rings. The van der Waals surface area contributed by atoms with Gasteiger partial charge < -0.3 is 15.8 Å². The summed E-state index contributed by atoms with van der Waals surface area (Å²) >= 11 is 0. The smallest absolute Gasteiger partial charge is 0.255 e. The molecule has 4 aromatic rings. The minimum atomic E-state index is -0.190. The first-order chi connectivity index (χ1) is 18.1. The molecule has 0 saturated carbocycles. The maximum atomic E-state index is 12.6. The maximum absolute atomic E-state index is 12.6. The van der Waals surface area contributed by atoms with Crippen LogP contribution in [-0.2, 0) is 6.54 Å². The number of ether oxygens (including phenoxy) is 1. The van der Waals surface area contributed by atoms with Gasteiger partial charge in [0.1, 0.15) is 11.4 Å². The van der Waals surface area contributed by atoms with Gasteiger partial charge in [0.2, 0.25) is 0 Å². The lowest BCUT2D eigenvalue weighted by Crippen LogP contribution is -2.37. The summed E-state index contributed by atoms with van der Waals surface area (Å²) in [4.78, 5) is 19.1. The van der Waals surface area contributed by atoms with Crippen LogP contribution in [0.5, 0.6) is 5.75 Å². The molecule has 37 heavy (non-hydrogen) atoms. The Morgan fingerprint density at radius 2 is 2.03 bits per heavy atom. The number of nitrogens with one attached hydrogen (secondary N) is 1. The van der Waals surface area contributed by atoms with Gasteiger partial charge in [-0.15, -0.1) is 0 Å².